The molecule has 0 spiro atoms. The molecule has 2 aromatic carbocycles. The minimum Gasteiger partial charge on any atom is -0.356 e. The number of carbonyl (C=O) groups excluding carboxylic acids is 1. The van der Waals surface area contributed by atoms with Crippen LogP contribution in [0.4, 0.5) is 17.6 Å². The number of aromatic amines is 1. The maximum Gasteiger partial charge on any atom is 0.416 e. The van der Waals surface area contributed by atoms with Gasteiger partial charge < -0.3 is 5.32 Å². The summed E-state index contributed by atoms with van der Waals surface area (Å²) in [7, 11) is 0. The van der Waals surface area contributed by atoms with Crippen molar-refractivity contribution in [1.82, 2.24) is 24.5 Å². The van der Waals surface area contributed by atoms with Crippen molar-refractivity contribution >= 4 is 34.8 Å². The molecular weight excluding hydrogens is 462 g/mol. The molecule has 1 amide bonds. The van der Waals surface area contributed by atoms with Crippen molar-refractivity contribution in [1.29, 1.82) is 0 Å². The zero-order valence-electron chi connectivity index (χ0n) is 16.9. The van der Waals surface area contributed by atoms with Crippen LogP contribution in [0.2, 0.25) is 0 Å². The number of benzene rings is 2. The number of hydrogen-bond donors (Lipinski definition) is 2. The average Bonchev–Trinajstić information content (AvgIpc) is 3.14. The van der Waals surface area contributed by atoms with Gasteiger partial charge >= 0.3 is 6.18 Å². The number of carbonyl (C=O) groups is 1. The number of rotatable bonds is 6. The molecule has 4 rings (SSSR count). The Bertz CT molecular complexity index is 1470. The fourth-order valence-corrected chi connectivity index (χ4v) is 3.80. The first-order chi connectivity index (χ1) is 15.6. The summed E-state index contributed by atoms with van der Waals surface area (Å²) in [6.07, 6.45) is -4.37. The molecule has 0 radical (unpaired) electrons. The monoisotopic (exact) mass is 479 g/mol. The van der Waals surface area contributed by atoms with Crippen LogP contribution in [0.5, 0.6) is 0 Å². The first-order valence-corrected chi connectivity index (χ1v) is 10.3. The lowest BCUT2D eigenvalue weighted by Crippen LogP contribution is -2.29. The fourth-order valence-electron chi connectivity index (χ4n) is 3.57. The van der Waals surface area contributed by atoms with Gasteiger partial charge in [0.1, 0.15) is 5.82 Å². The Morgan fingerprint density at radius 3 is 2.73 bits per heavy atom. The SMILES string of the molecule is O=C(Cc1cccc(C(F)(F)F)c1)NCCCn1c(=O)c2cc(F)ccc2n2c(=S)[nH]nc12. The molecule has 0 aliphatic carbocycles. The van der Waals surface area contributed by atoms with Gasteiger partial charge in [0, 0.05) is 13.1 Å². The summed E-state index contributed by atoms with van der Waals surface area (Å²) in [4.78, 5) is 25.0. The summed E-state index contributed by atoms with van der Waals surface area (Å²) in [5, 5.41) is 9.46. The van der Waals surface area contributed by atoms with Gasteiger partial charge in [-0.3, -0.25) is 18.6 Å². The Kier molecular flexibility index (Phi) is 6.02. The average molecular weight is 479 g/mol. The van der Waals surface area contributed by atoms with E-state index in [9.17, 15) is 27.2 Å². The van der Waals surface area contributed by atoms with E-state index in [4.69, 9.17) is 12.2 Å². The third kappa shape index (κ3) is 4.65. The number of aryl methyl sites for hydroxylation is 1. The number of H-pyrrole nitrogens is 1. The summed E-state index contributed by atoms with van der Waals surface area (Å²) in [5.74, 6) is -0.767. The van der Waals surface area contributed by atoms with E-state index >= 15 is 0 Å². The van der Waals surface area contributed by atoms with Crippen LogP contribution in [0.15, 0.2) is 47.3 Å². The molecule has 0 saturated heterocycles. The summed E-state index contributed by atoms with van der Waals surface area (Å²) in [6.45, 7) is 0.320. The molecule has 0 atom stereocenters. The molecule has 0 bridgehead atoms. The molecule has 0 aliphatic heterocycles. The van der Waals surface area contributed by atoms with E-state index in [0.29, 0.717) is 11.9 Å². The quantitative estimate of drug-likeness (QED) is 0.251. The highest BCUT2D eigenvalue weighted by Gasteiger charge is 2.30. The number of fused-ring (bicyclic) bond motifs is 3. The molecule has 33 heavy (non-hydrogen) atoms. The van der Waals surface area contributed by atoms with Crippen LogP contribution in [0.3, 0.4) is 0 Å². The highest BCUT2D eigenvalue weighted by molar-refractivity contribution is 7.71. The third-order valence-electron chi connectivity index (χ3n) is 5.07. The van der Waals surface area contributed by atoms with Gasteiger partial charge in [-0.1, -0.05) is 18.2 Å². The number of hydrogen-bond acceptors (Lipinski definition) is 4. The topological polar surface area (TPSA) is 84.2 Å². The van der Waals surface area contributed by atoms with E-state index in [1.54, 1.807) is 0 Å². The summed E-state index contributed by atoms with van der Waals surface area (Å²) < 4.78 is 55.3. The van der Waals surface area contributed by atoms with Crippen molar-refractivity contribution in [3.05, 3.63) is 74.5 Å². The smallest absolute Gasteiger partial charge is 0.356 e. The van der Waals surface area contributed by atoms with Gasteiger partial charge in [0.2, 0.25) is 16.5 Å². The predicted octanol–water partition coefficient (Wildman–Crippen LogP) is 3.61. The van der Waals surface area contributed by atoms with Crippen LogP contribution in [-0.4, -0.2) is 31.6 Å². The maximum atomic E-state index is 13.7. The van der Waals surface area contributed by atoms with E-state index in [0.717, 1.165) is 18.2 Å². The molecule has 0 unspecified atom stereocenters. The molecule has 0 saturated carbocycles. The van der Waals surface area contributed by atoms with Crippen molar-refractivity contribution in [2.75, 3.05) is 6.54 Å². The highest BCUT2D eigenvalue weighted by Crippen LogP contribution is 2.29. The molecule has 2 aromatic heterocycles. The van der Waals surface area contributed by atoms with Crippen LogP contribution in [-0.2, 0) is 23.9 Å². The number of amides is 1. The Morgan fingerprint density at radius 2 is 1.97 bits per heavy atom. The first-order valence-electron chi connectivity index (χ1n) is 9.87. The zero-order chi connectivity index (χ0) is 23.8. The van der Waals surface area contributed by atoms with Crippen LogP contribution < -0.4 is 10.9 Å². The van der Waals surface area contributed by atoms with Crippen LogP contribution in [0, 0.1) is 10.6 Å². The molecule has 172 valence electrons. The van der Waals surface area contributed by atoms with Crippen molar-refractivity contribution in [2.24, 2.45) is 0 Å². The number of aromatic nitrogens is 4. The van der Waals surface area contributed by atoms with Crippen LogP contribution >= 0.6 is 12.2 Å². The summed E-state index contributed by atoms with van der Waals surface area (Å²) >= 11 is 5.22. The maximum absolute atomic E-state index is 13.7. The van der Waals surface area contributed by atoms with Crippen molar-refractivity contribution < 1.29 is 22.4 Å². The lowest BCUT2D eigenvalue weighted by molar-refractivity contribution is -0.137. The second-order valence-electron chi connectivity index (χ2n) is 7.36. The first kappa shape index (κ1) is 22.6. The Morgan fingerprint density at radius 1 is 1.18 bits per heavy atom. The van der Waals surface area contributed by atoms with E-state index in [-0.39, 0.29) is 41.0 Å². The van der Waals surface area contributed by atoms with Crippen LogP contribution in [0.1, 0.15) is 17.5 Å². The summed E-state index contributed by atoms with van der Waals surface area (Å²) in [6, 6.07) is 8.37. The number of alkyl halides is 3. The number of nitrogens with zero attached hydrogens (tertiary/aromatic N) is 3. The Balaban J connectivity index is 1.45. The van der Waals surface area contributed by atoms with Gasteiger partial charge in [-0.05, 0) is 48.5 Å². The van der Waals surface area contributed by atoms with Gasteiger partial charge in [-0.15, -0.1) is 5.10 Å². The van der Waals surface area contributed by atoms with E-state index in [1.165, 1.54) is 33.2 Å². The van der Waals surface area contributed by atoms with Crippen LogP contribution in [0.25, 0.3) is 16.7 Å². The number of halogens is 4. The molecule has 7 nitrogen and oxygen atoms in total. The van der Waals surface area contributed by atoms with E-state index < -0.39 is 29.0 Å². The molecule has 12 heteroatoms. The normalized spacial score (nSPS) is 11.9. The van der Waals surface area contributed by atoms with Crippen molar-refractivity contribution in [3.63, 3.8) is 0 Å². The molecule has 0 aliphatic rings. The van der Waals surface area contributed by atoms with Gasteiger partial charge in [0.05, 0.1) is 22.9 Å². The molecule has 4 aromatic rings. The lowest BCUT2D eigenvalue weighted by Gasteiger charge is -2.11. The van der Waals surface area contributed by atoms with Crippen molar-refractivity contribution in [2.45, 2.75) is 25.6 Å². The second kappa shape index (κ2) is 8.77. The highest BCUT2D eigenvalue weighted by atomic mass is 32.1. The van der Waals surface area contributed by atoms with Gasteiger partial charge in [0.15, 0.2) is 0 Å². The van der Waals surface area contributed by atoms with Gasteiger partial charge in [-0.2, -0.15) is 13.2 Å². The second-order valence-corrected chi connectivity index (χ2v) is 7.75. The predicted molar refractivity (Wildman–Crippen MR) is 115 cm³/mol. The molecule has 2 heterocycles. The summed E-state index contributed by atoms with van der Waals surface area (Å²) in [5.41, 5.74) is -0.619. The van der Waals surface area contributed by atoms with E-state index in [2.05, 4.69) is 15.5 Å². The number of nitrogens with one attached hydrogen (secondary N) is 2. The Hall–Kier alpha value is -3.54. The molecular formula is C21H17F4N5O2S. The fraction of sp³-hybridized carbons (Fsp3) is 0.238. The molecule has 0 fully saturated rings. The van der Waals surface area contributed by atoms with Gasteiger partial charge in [0.25, 0.3) is 5.56 Å². The minimum absolute atomic E-state index is 0.133. The molecule has 2 N–H and O–H groups in total. The van der Waals surface area contributed by atoms with Gasteiger partial charge in [-0.25, -0.2) is 9.49 Å². The zero-order valence-corrected chi connectivity index (χ0v) is 17.8. The minimum atomic E-state index is -4.48. The standard InChI is InChI=1S/C21H17F4N5O2S/c22-14-5-6-16-15(11-14)18(32)29(19-27-28-20(33)30(16)19)8-2-7-26-17(31)10-12-3-1-4-13(9-12)21(23,24)25/h1,3-6,9,11H,2,7-8,10H2,(H,26,31)(H,28,33). The lowest BCUT2D eigenvalue weighted by atomic mass is 10.1. The third-order valence-corrected chi connectivity index (χ3v) is 5.34. The van der Waals surface area contributed by atoms with Crippen molar-refractivity contribution in [3.8, 4) is 0 Å². The largest absolute Gasteiger partial charge is 0.416 e. The Labute approximate surface area is 188 Å². The van der Waals surface area contributed by atoms with E-state index in [1.807, 2.05) is 0 Å².